The number of aliphatic hydroxyl groups excluding tert-OH is 1. The first-order valence-electron chi connectivity index (χ1n) is 6.34. The molecule has 19 heavy (non-hydrogen) atoms. The van der Waals surface area contributed by atoms with Crippen molar-refractivity contribution in [2.45, 2.75) is 18.9 Å². The quantitative estimate of drug-likeness (QED) is 0.893. The second kappa shape index (κ2) is 4.67. The number of aliphatic hydroxyl groups is 1. The summed E-state index contributed by atoms with van der Waals surface area (Å²) >= 11 is 0. The summed E-state index contributed by atoms with van der Waals surface area (Å²) in [5.41, 5.74) is 3.42. The van der Waals surface area contributed by atoms with Crippen LogP contribution < -0.4 is 4.74 Å². The third kappa shape index (κ3) is 2.10. The molecule has 98 valence electrons. The van der Waals surface area contributed by atoms with Crippen molar-refractivity contribution in [1.82, 2.24) is 0 Å². The summed E-state index contributed by atoms with van der Waals surface area (Å²) in [6.07, 6.45) is 1.22. The van der Waals surface area contributed by atoms with Gasteiger partial charge in [0.05, 0.1) is 13.2 Å². The van der Waals surface area contributed by atoms with Gasteiger partial charge in [0.25, 0.3) is 0 Å². The van der Waals surface area contributed by atoms with Crippen molar-refractivity contribution < 1.29 is 14.2 Å². The highest BCUT2D eigenvalue weighted by Gasteiger charge is 2.20. The van der Waals surface area contributed by atoms with Crippen LogP contribution in [0.15, 0.2) is 36.4 Å². The second-order valence-corrected chi connectivity index (χ2v) is 4.81. The maximum atomic E-state index is 13.9. The van der Waals surface area contributed by atoms with E-state index < -0.39 is 0 Å². The van der Waals surface area contributed by atoms with Crippen molar-refractivity contribution in [1.29, 1.82) is 0 Å². The van der Waals surface area contributed by atoms with Gasteiger partial charge in [-0.1, -0.05) is 18.2 Å². The van der Waals surface area contributed by atoms with E-state index in [2.05, 4.69) is 0 Å². The number of rotatable bonds is 2. The number of aryl methyl sites for hydroxylation is 1. The highest BCUT2D eigenvalue weighted by molar-refractivity contribution is 5.67. The van der Waals surface area contributed by atoms with Gasteiger partial charge in [-0.25, -0.2) is 4.39 Å². The molecule has 1 atom stereocenters. The van der Waals surface area contributed by atoms with E-state index in [4.69, 9.17) is 4.74 Å². The Morgan fingerprint density at radius 2 is 2.05 bits per heavy atom. The monoisotopic (exact) mass is 258 g/mol. The molecule has 2 nitrogen and oxygen atoms in total. The van der Waals surface area contributed by atoms with E-state index in [1.54, 1.807) is 19.2 Å². The molecule has 0 radical (unpaired) electrons. The summed E-state index contributed by atoms with van der Waals surface area (Å²) < 4.78 is 19.0. The minimum absolute atomic E-state index is 0.265. The summed E-state index contributed by atoms with van der Waals surface area (Å²) in [5.74, 6) is 0.372. The first-order chi connectivity index (χ1) is 9.19. The molecule has 0 bridgehead atoms. The Hall–Kier alpha value is -1.87. The predicted octanol–water partition coefficient (Wildman–Crippen LogP) is 3.48. The van der Waals surface area contributed by atoms with Crippen molar-refractivity contribution in [3.05, 3.63) is 53.3 Å². The Morgan fingerprint density at radius 3 is 2.84 bits per heavy atom. The fourth-order valence-corrected chi connectivity index (χ4v) is 2.62. The molecule has 0 saturated heterocycles. The number of ether oxygens (including phenoxy) is 1. The summed E-state index contributed by atoms with van der Waals surface area (Å²) in [7, 11) is 1.57. The van der Waals surface area contributed by atoms with Gasteiger partial charge in [0, 0.05) is 5.56 Å². The number of hydrogen-bond donors (Lipinski definition) is 1. The zero-order chi connectivity index (χ0) is 13.4. The number of halogens is 1. The molecule has 0 heterocycles. The molecular weight excluding hydrogens is 243 g/mol. The van der Waals surface area contributed by atoms with Crippen molar-refractivity contribution in [2.24, 2.45) is 0 Å². The van der Waals surface area contributed by atoms with Crippen LogP contribution in [0.25, 0.3) is 11.1 Å². The second-order valence-electron chi connectivity index (χ2n) is 4.81. The molecule has 3 heteroatoms. The topological polar surface area (TPSA) is 29.5 Å². The van der Waals surface area contributed by atoms with Crippen LogP contribution in [0.4, 0.5) is 4.39 Å². The van der Waals surface area contributed by atoms with Crippen LogP contribution in [0.3, 0.4) is 0 Å². The van der Waals surface area contributed by atoms with Crippen LogP contribution in [0, 0.1) is 5.82 Å². The van der Waals surface area contributed by atoms with Crippen LogP contribution >= 0.6 is 0 Å². The predicted molar refractivity (Wildman–Crippen MR) is 71.7 cm³/mol. The molecule has 2 aromatic carbocycles. The third-order valence-electron chi connectivity index (χ3n) is 3.67. The third-order valence-corrected chi connectivity index (χ3v) is 3.67. The largest absolute Gasteiger partial charge is 0.497 e. The van der Waals surface area contributed by atoms with Crippen molar-refractivity contribution in [2.75, 3.05) is 7.11 Å². The van der Waals surface area contributed by atoms with Crippen molar-refractivity contribution in [3.63, 3.8) is 0 Å². The first kappa shape index (κ1) is 12.2. The molecule has 1 aliphatic carbocycles. The number of fused-ring (bicyclic) bond motifs is 1. The molecule has 0 aliphatic heterocycles. The molecular formula is C16H15FO2. The molecule has 0 fully saturated rings. The van der Waals surface area contributed by atoms with Crippen molar-refractivity contribution in [3.8, 4) is 16.9 Å². The normalized spacial score (nSPS) is 17.3. The average molecular weight is 258 g/mol. The molecule has 1 unspecified atom stereocenters. The standard InChI is InChI=1S/C16H15FO2/c1-19-12-4-6-15(17)14(9-12)11-2-5-13-10(8-11)3-7-16(13)18/h2,4-6,8-9,16,18H,3,7H2,1H3. The zero-order valence-corrected chi connectivity index (χ0v) is 10.7. The lowest BCUT2D eigenvalue weighted by Gasteiger charge is -2.09. The Labute approximate surface area is 111 Å². The van der Waals surface area contributed by atoms with Crippen LogP contribution in [0.5, 0.6) is 5.75 Å². The van der Waals surface area contributed by atoms with E-state index >= 15 is 0 Å². The maximum absolute atomic E-state index is 13.9. The number of benzene rings is 2. The number of methoxy groups -OCH3 is 1. The lowest BCUT2D eigenvalue weighted by molar-refractivity contribution is 0.180. The minimum Gasteiger partial charge on any atom is -0.497 e. The Kier molecular flexibility index (Phi) is 2.99. The maximum Gasteiger partial charge on any atom is 0.131 e. The van der Waals surface area contributed by atoms with Gasteiger partial charge in [-0.2, -0.15) is 0 Å². The fourth-order valence-electron chi connectivity index (χ4n) is 2.62. The summed E-state index contributed by atoms with van der Waals surface area (Å²) in [4.78, 5) is 0. The van der Waals surface area contributed by atoms with Gasteiger partial charge >= 0.3 is 0 Å². The Balaban J connectivity index is 2.08. The van der Waals surface area contributed by atoms with E-state index in [0.29, 0.717) is 11.3 Å². The summed E-state index contributed by atoms with van der Waals surface area (Å²) in [6, 6.07) is 10.4. The molecule has 2 aromatic rings. The Bertz CT molecular complexity index is 622. The highest BCUT2D eigenvalue weighted by atomic mass is 19.1. The van der Waals surface area contributed by atoms with Gasteiger partial charge in [0.1, 0.15) is 11.6 Å². The van der Waals surface area contributed by atoms with Crippen molar-refractivity contribution >= 4 is 0 Å². The highest BCUT2D eigenvalue weighted by Crippen LogP contribution is 2.35. The van der Waals surface area contributed by atoms with Crippen LogP contribution in [0.2, 0.25) is 0 Å². The zero-order valence-electron chi connectivity index (χ0n) is 10.7. The van der Waals surface area contributed by atoms with Gasteiger partial charge in [-0.05, 0) is 47.7 Å². The molecule has 0 amide bonds. The fraction of sp³-hybridized carbons (Fsp3) is 0.250. The summed E-state index contributed by atoms with van der Waals surface area (Å²) in [6.45, 7) is 0. The average Bonchev–Trinajstić information content (AvgIpc) is 2.80. The molecule has 1 aliphatic rings. The molecule has 3 rings (SSSR count). The molecule has 0 saturated carbocycles. The van der Waals surface area contributed by atoms with Gasteiger partial charge < -0.3 is 9.84 Å². The molecule has 0 aromatic heterocycles. The van der Waals surface area contributed by atoms with E-state index in [-0.39, 0.29) is 11.9 Å². The van der Waals surface area contributed by atoms with Gasteiger partial charge in [-0.3, -0.25) is 0 Å². The number of hydrogen-bond acceptors (Lipinski definition) is 2. The lowest BCUT2D eigenvalue weighted by Crippen LogP contribution is -1.92. The molecule has 1 N–H and O–H groups in total. The van der Waals surface area contributed by atoms with Crippen LogP contribution in [-0.4, -0.2) is 12.2 Å². The van der Waals surface area contributed by atoms with E-state index in [9.17, 15) is 9.50 Å². The molecule has 0 spiro atoms. The first-order valence-corrected chi connectivity index (χ1v) is 6.34. The summed E-state index contributed by atoms with van der Waals surface area (Å²) in [5, 5.41) is 9.79. The smallest absolute Gasteiger partial charge is 0.131 e. The van der Waals surface area contributed by atoms with E-state index in [1.807, 2.05) is 18.2 Å². The lowest BCUT2D eigenvalue weighted by atomic mass is 9.99. The van der Waals surface area contributed by atoms with Crippen LogP contribution in [0.1, 0.15) is 23.7 Å². The van der Waals surface area contributed by atoms with E-state index in [0.717, 1.165) is 29.5 Å². The van der Waals surface area contributed by atoms with Gasteiger partial charge in [0.2, 0.25) is 0 Å². The van der Waals surface area contributed by atoms with Gasteiger partial charge in [0.15, 0.2) is 0 Å². The van der Waals surface area contributed by atoms with Gasteiger partial charge in [-0.15, -0.1) is 0 Å². The SMILES string of the molecule is COc1ccc(F)c(-c2ccc3c(c2)CCC3O)c1. The minimum atomic E-state index is -0.376. The van der Waals surface area contributed by atoms with E-state index in [1.165, 1.54) is 6.07 Å². The Morgan fingerprint density at radius 1 is 1.21 bits per heavy atom. The van der Waals surface area contributed by atoms with Crippen LogP contribution in [-0.2, 0) is 6.42 Å².